The van der Waals surface area contributed by atoms with Crippen LogP contribution in [-0.2, 0) is 5.41 Å². The molecule has 1 aliphatic rings. The average Bonchev–Trinajstić information content (AvgIpc) is 3.39. The third kappa shape index (κ3) is 5.35. The van der Waals surface area contributed by atoms with E-state index in [0.29, 0.717) is 11.1 Å². The Morgan fingerprint density at radius 2 is 0.941 bits per heavy atom. The second-order valence-electron chi connectivity index (χ2n) is 13.2. The monoisotopic (exact) mass is 664 g/mol. The lowest BCUT2D eigenvalue weighted by Gasteiger charge is -2.30. The van der Waals surface area contributed by atoms with E-state index in [9.17, 15) is 19.3 Å². The van der Waals surface area contributed by atoms with Crippen molar-refractivity contribution in [2.75, 3.05) is 9.80 Å². The van der Waals surface area contributed by atoms with Crippen molar-refractivity contribution in [2.45, 2.75) is 19.3 Å². The van der Waals surface area contributed by atoms with E-state index < -0.39 is 5.41 Å². The molecule has 0 unspecified atom stereocenters. The quantitative estimate of drug-likeness (QED) is 0.178. The average molecular weight is 665 g/mol. The maximum absolute atomic E-state index is 14.2. The van der Waals surface area contributed by atoms with E-state index in [2.05, 4.69) is 78.3 Å². The number of benzene rings is 7. The highest BCUT2D eigenvalue weighted by atomic mass is 19.1. The molecular formula is C45H30F2N4. The van der Waals surface area contributed by atoms with Crippen LogP contribution in [0.5, 0.6) is 0 Å². The van der Waals surface area contributed by atoms with E-state index in [1.165, 1.54) is 24.3 Å². The molecule has 4 nitrogen and oxygen atoms in total. The summed E-state index contributed by atoms with van der Waals surface area (Å²) in [5, 5.41) is 21.1. The lowest BCUT2D eigenvalue weighted by atomic mass is 9.81. The summed E-state index contributed by atoms with van der Waals surface area (Å²) in [6.45, 7) is 4.46. The molecule has 0 aromatic heterocycles. The summed E-state index contributed by atoms with van der Waals surface area (Å²) in [7, 11) is 0. The van der Waals surface area contributed by atoms with Crippen LogP contribution in [0.2, 0.25) is 0 Å². The standard InChI is InChI=1S/C45H30F2N4/c1-45(2)41-25-37(50(34-19-11-31(46)12-20-34)33-15-7-29(27-48)8-16-33)23-24-40(41)44-39-6-4-3-5-38(39)43(26-42(44)45)51(36-21-13-32(47)14-22-36)35-17-9-30(28-49)10-18-35/h3-26H,1-2H3. The van der Waals surface area contributed by atoms with Gasteiger partial charge in [-0.3, -0.25) is 0 Å². The second-order valence-corrected chi connectivity index (χ2v) is 13.2. The van der Waals surface area contributed by atoms with Gasteiger partial charge in [-0.2, -0.15) is 10.5 Å². The Morgan fingerprint density at radius 1 is 0.490 bits per heavy atom. The molecule has 0 bridgehead atoms. The Bertz CT molecular complexity index is 2530. The fraction of sp³-hybridized carbons (Fsp3) is 0.0667. The number of hydrogen-bond acceptors (Lipinski definition) is 4. The molecule has 51 heavy (non-hydrogen) atoms. The fourth-order valence-electron chi connectivity index (χ4n) is 7.30. The molecule has 0 saturated carbocycles. The van der Waals surface area contributed by atoms with E-state index in [4.69, 9.17) is 0 Å². The van der Waals surface area contributed by atoms with Crippen LogP contribution in [0.1, 0.15) is 36.1 Å². The van der Waals surface area contributed by atoms with Gasteiger partial charge < -0.3 is 9.80 Å². The minimum absolute atomic E-state index is 0.317. The maximum Gasteiger partial charge on any atom is 0.123 e. The Morgan fingerprint density at radius 3 is 1.45 bits per heavy atom. The predicted molar refractivity (Wildman–Crippen MR) is 200 cm³/mol. The molecular weight excluding hydrogens is 635 g/mol. The van der Waals surface area contributed by atoms with Gasteiger partial charge in [0.1, 0.15) is 11.6 Å². The van der Waals surface area contributed by atoms with Gasteiger partial charge in [0.05, 0.1) is 29.0 Å². The van der Waals surface area contributed by atoms with Crippen molar-refractivity contribution >= 4 is 44.9 Å². The van der Waals surface area contributed by atoms with E-state index in [1.807, 2.05) is 30.3 Å². The molecule has 1 aliphatic carbocycles. The van der Waals surface area contributed by atoms with Gasteiger partial charge in [0.25, 0.3) is 0 Å². The molecule has 0 amide bonds. The first-order chi connectivity index (χ1) is 24.8. The predicted octanol–water partition coefficient (Wildman–Crippen LogP) is 12.1. The van der Waals surface area contributed by atoms with Gasteiger partial charge in [-0.1, -0.05) is 44.2 Å². The maximum atomic E-state index is 14.2. The van der Waals surface area contributed by atoms with Crippen LogP contribution in [0.15, 0.2) is 146 Å². The van der Waals surface area contributed by atoms with Gasteiger partial charge in [0, 0.05) is 39.2 Å². The highest BCUT2D eigenvalue weighted by molar-refractivity contribution is 6.10. The van der Waals surface area contributed by atoms with Gasteiger partial charge in [0.2, 0.25) is 0 Å². The molecule has 6 heteroatoms. The molecule has 0 N–H and O–H groups in total. The zero-order chi connectivity index (χ0) is 35.3. The van der Waals surface area contributed by atoms with Crippen LogP contribution in [-0.4, -0.2) is 0 Å². The Balaban J connectivity index is 1.33. The van der Waals surface area contributed by atoms with Crippen molar-refractivity contribution in [1.82, 2.24) is 0 Å². The van der Waals surface area contributed by atoms with Crippen LogP contribution in [0.4, 0.5) is 42.9 Å². The van der Waals surface area contributed by atoms with Crippen molar-refractivity contribution < 1.29 is 8.78 Å². The van der Waals surface area contributed by atoms with Crippen molar-refractivity contribution in [3.63, 3.8) is 0 Å². The molecule has 8 rings (SSSR count). The molecule has 244 valence electrons. The third-order valence-electron chi connectivity index (χ3n) is 9.82. The second kappa shape index (κ2) is 12.3. The third-order valence-corrected chi connectivity index (χ3v) is 9.82. The molecule has 0 saturated heterocycles. The Hall–Kier alpha value is -6.76. The Kier molecular flexibility index (Phi) is 7.59. The van der Waals surface area contributed by atoms with Crippen LogP contribution in [0, 0.1) is 34.3 Å². The van der Waals surface area contributed by atoms with Gasteiger partial charge in [-0.15, -0.1) is 0 Å². The Labute approximate surface area is 295 Å². The number of hydrogen-bond donors (Lipinski definition) is 0. The van der Waals surface area contributed by atoms with Gasteiger partial charge in [-0.05, 0) is 143 Å². The zero-order valence-corrected chi connectivity index (χ0v) is 27.9. The van der Waals surface area contributed by atoms with Gasteiger partial charge in [0.15, 0.2) is 0 Å². The molecule has 0 heterocycles. The van der Waals surface area contributed by atoms with Gasteiger partial charge in [-0.25, -0.2) is 8.78 Å². The molecule has 0 aliphatic heterocycles. The SMILES string of the molecule is CC1(C)c2cc(N(c3ccc(F)cc3)c3ccc(C#N)cc3)ccc2-c2c1cc(N(c1ccc(F)cc1)c1ccc(C#N)cc1)c1ccccc21. The van der Waals surface area contributed by atoms with E-state index in [0.717, 1.165) is 67.2 Å². The van der Waals surface area contributed by atoms with Crippen molar-refractivity contribution in [3.8, 4) is 23.3 Å². The molecule has 0 spiro atoms. The summed E-state index contributed by atoms with van der Waals surface area (Å²) in [6, 6.07) is 49.2. The minimum Gasteiger partial charge on any atom is -0.310 e. The molecule has 0 fully saturated rings. The number of halogens is 2. The topological polar surface area (TPSA) is 54.1 Å². The smallest absolute Gasteiger partial charge is 0.123 e. The largest absolute Gasteiger partial charge is 0.310 e. The fourth-order valence-corrected chi connectivity index (χ4v) is 7.30. The number of nitrogens with zero attached hydrogens (tertiary/aromatic N) is 4. The summed E-state index contributed by atoms with van der Waals surface area (Å²) < 4.78 is 28.3. The first-order valence-electron chi connectivity index (χ1n) is 16.6. The molecule has 7 aromatic carbocycles. The number of rotatable bonds is 6. The van der Waals surface area contributed by atoms with Crippen molar-refractivity contribution in [3.05, 3.63) is 179 Å². The summed E-state index contributed by atoms with van der Waals surface area (Å²) >= 11 is 0. The summed E-state index contributed by atoms with van der Waals surface area (Å²) in [6.07, 6.45) is 0. The van der Waals surface area contributed by atoms with E-state index in [1.54, 1.807) is 48.5 Å². The summed E-state index contributed by atoms with van der Waals surface area (Å²) in [4.78, 5) is 4.19. The van der Waals surface area contributed by atoms with Crippen LogP contribution in [0.3, 0.4) is 0 Å². The zero-order valence-electron chi connectivity index (χ0n) is 27.9. The number of anilines is 6. The number of fused-ring (bicyclic) bond motifs is 5. The molecule has 0 atom stereocenters. The van der Waals surface area contributed by atoms with E-state index in [-0.39, 0.29) is 11.6 Å². The highest BCUT2D eigenvalue weighted by Gasteiger charge is 2.38. The molecule has 7 aromatic rings. The summed E-state index contributed by atoms with van der Waals surface area (Å²) in [5.41, 5.74) is 10.4. The van der Waals surface area contributed by atoms with Crippen LogP contribution >= 0.6 is 0 Å². The number of nitriles is 2. The minimum atomic E-state index is -0.433. The normalized spacial score (nSPS) is 12.4. The van der Waals surface area contributed by atoms with Crippen molar-refractivity contribution in [2.24, 2.45) is 0 Å². The van der Waals surface area contributed by atoms with Crippen LogP contribution < -0.4 is 9.80 Å². The van der Waals surface area contributed by atoms with Crippen molar-refractivity contribution in [1.29, 1.82) is 10.5 Å². The summed E-state index contributed by atoms with van der Waals surface area (Å²) in [5.74, 6) is -0.636. The van der Waals surface area contributed by atoms with E-state index >= 15 is 0 Å². The first kappa shape index (κ1) is 31.5. The lowest BCUT2D eigenvalue weighted by Crippen LogP contribution is -2.18. The lowest BCUT2D eigenvalue weighted by molar-refractivity contribution is 0.627. The van der Waals surface area contributed by atoms with Gasteiger partial charge >= 0.3 is 0 Å². The first-order valence-corrected chi connectivity index (χ1v) is 16.6. The van der Waals surface area contributed by atoms with Crippen LogP contribution in [0.25, 0.3) is 21.9 Å². The molecule has 0 radical (unpaired) electrons. The highest BCUT2D eigenvalue weighted by Crippen LogP contribution is 2.55.